The molecule has 1 aromatic carbocycles. The summed E-state index contributed by atoms with van der Waals surface area (Å²) in [5.41, 5.74) is 1.18. The summed E-state index contributed by atoms with van der Waals surface area (Å²) in [6, 6.07) is 8.49. The third kappa shape index (κ3) is 3.52. The molecule has 0 aliphatic rings. The van der Waals surface area contributed by atoms with Gasteiger partial charge in [-0.1, -0.05) is 30.3 Å². The van der Waals surface area contributed by atoms with E-state index < -0.39 is 17.9 Å². The second kappa shape index (κ2) is 6.89. The second-order valence-corrected chi connectivity index (χ2v) is 5.07. The van der Waals surface area contributed by atoms with Crippen LogP contribution in [0.5, 0.6) is 0 Å². The zero-order valence-electron chi connectivity index (χ0n) is 12.6. The van der Waals surface area contributed by atoms with Crippen LogP contribution in [0.25, 0.3) is 0 Å². The first-order chi connectivity index (χ1) is 10.5. The molecule has 0 aliphatic heterocycles. The van der Waals surface area contributed by atoms with Crippen molar-refractivity contribution in [2.24, 2.45) is 5.92 Å². The van der Waals surface area contributed by atoms with Crippen molar-refractivity contribution in [2.75, 3.05) is 0 Å². The standard InChI is InChI=1S/C16H19N3O3/c1-3-19-10-13(9-17-19)15(20)18-14(11(2)16(21)22)12-7-5-4-6-8-12/h4-11,14H,3H2,1-2H3,(H,18,20)(H,21,22)/t11-,14-/m1/s1. The predicted octanol–water partition coefficient (Wildman–Crippen LogP) is 2.09. The molecular weight excluding hydrogens is 282 g/mol. The number of aromatic nitrogens is 2. The Morgan fingerprint density at radius 2 is 2.00 bits per heavy atom. The summed E-state index contributed by atoms with van der Waals surface area (Å²) in [4.78, 5) is 23.6. The lowest BCUT2D eigenvalue weighted by atomic mass is 9.94. The lowest BCUT2D eigenvalue weighted by Gasteiger charge is -2.22. The lowest BCUT2D eigenvalue weighted by Crippen LogP contribution is -2.35. The van der Waals surface area contributed by atoms with E-state index in [-0.39, 0.29) is 5.91 Å². The van der Waals surface area contributed by atoms with Crippen LogP contribution in [0.15, 0.2) is 42.7 Å². The number of nitrogens with zero attached hydrogens (tertiary/aromatic N) is 2. The number of nitrogens with one attached hydrogen (secondary N) is 1. The molecule has 0 aliphatic carbocycles. The summed E-state index contributed by atoms with van der Waals surface area (Å²) in [6.07, 6.45) is 3.12. The summed E-state index contributed by atoms with van der Waals surface area (Å²) in [5, 5.41) is 16.1. The molecule has 0 saturated carbocycles. The molecule has 22 heavy (non-hydrogen) atoms. The average Bonchev–Trinajstić information content (AvgIpc) is 3.01. The van der Waals surface area contributed by atoms with E-state index >= 15 is 0 Å². The van der Waals surface area contributed by atoms with Gasteiger partial charge < -0.3 is 10.4 Å². The van der Waals surface area contributed by atoms with E-state index in [9.17, 15) is 14.7 Å². The van der Waals surface area contributed by atoms with Gasteiger partial charge in [0.05, 0.1) is 23.7 Å². The number of hydrogen-bond donors (Lipinski definition) is 2. The van der Waals surface area contributed by atoms with Gasteiger partial charge in [0.1, 0.15) is 0 Å². The maximum Gasteiger partial charge on any atom is 0.308 e. The van der Waals surface area contributed by atoms with Crippen LogP contribution >= 0.6 is 0 Å². The zero-order valence-corrected chi connectivity index (χ0v) is 12.6. The van der Waals surface area contributed by atoms with Gasteiger partial charge in [0.25, 0.3) is 5.91 Å². The molecule has 0 unspecified atom stereocenters. The van der Waals surface area contributed by atoms with E-state index in [1.165, 1.54) is 6.20 Å². The number of hydrogen-bond acceptors (Lipinski definition) is 3. The van der Waals surface area contributed by atoms with E-state index in [1.807, 2.05) is 25.1 Å². The van der Waals surface area contributed by atoms with Crippen LogP contribution in [0.4, 0.5) is 0 Å². The van der Waals surface area contributed by atoms with Crippen molar-refractivity contribution in [3.8, 4) is 0 Å². The SMILES string of the molecule is CCn1cc(C(=O)N[C@@H](c2ccccc2)[C@@H](C)C(=O)O)cn1. The molecule has 2 N–H and O–H groups in total. The van der Waals surface area contributed by atoms with Gasteiger partial charge in [0, 0.05) is 12.7 Å². The number of benzene rings is 1. The Morgan fingerprint density at radius 3 is 2.55 bits per heavy atom. The molecule has 0 radical (unpaired) electrons. The van der Waals surface area contributed by atoms with Gasteiger partial charge >= 0.3 is 5.97 Å². The molecular formula is C16H19N3O3. The first kappa shape index (κ1) is 15.8. The minimum atomic E-state index is -0.960. The third-order valence-electron chi connectivity index (χ3n) is 3.55. The maximum absolute atomic E-state index is 12.3. The van der Waals surface area contributed by atoms with Crippen molar-refractivity contribution in [2.45, 2.75) is 26.4 Å². The van der Waals surface area contributed by atoms with Gasteiger partial charge in [-0.2, -0.15) is 5.10 Å². The highest BCUT2D eigenvalue weighted by Gasteiger charge is 2.27. The fraction of sp³-hybridized carbons (Fsp3) is 0.312. The number of carboxylic acid groups (broad SMARTS) is 1. The molecule has 2 rings (SSSR count). The van der Waals surface area contributed by atoms with Gasteiger partial charge in [0.15, 0.2) is 0 Å². The van der Waals surface area contributed by atoms with Gasteiger partial charge in [-0.3, -0.25) is 14.3 Å². The normalized spacial score (nSPS) is 13.4. The fourth-order valence-electron chi connectivity index (χ4n) is 2.18. The molecule has 0 spiro atoms. The van der Waals surface area contributed by atoms with Crippen LogP contribution < -0.4 is 5.32 Å². The van der Waals surface area contributed by atoms with Crippen molar-refractivity contribution < 1.29 is 14.7 Å². The van der Waals surface area contributed by atoms with Crippen LogP contribution in [0, 0.1) is 5.92 Å². The van der Waals surface area contributed by atoms with Crippen molar-refractivity contribution >= 4 is 11.9 Å². The maximum atomic E-state index is 12.3. The molecule has 0 bridgehead atoms. The van der Waals surface area contributed by atoms with Crippen molar-refractivity contribution in [3.05, 3.63) is 53.9 Å². The molecule has 0 fully saturated rings. The summed E-state index contributed by atoms with van der Waals surface area (Å²) in [6.45, 7) is 4.17. The average molecular weight is 301 g/mol. The highest BCUT2D eigenvalue weighted by molar-refractivity contribution is 5.94. The van der Waals surface area contributed by atoms with Crippen molar-refractivity contribution in [3.63, 3.8) is 0 Å². The number of amides is 1. The van der Waals surface area contributed by atoms with Gasteiger partial charge in [0.2, 0.25) is 0 Å². The molecule has 6 heteroatoms. The van der Waals surface area contributed by atoms with Crippen LogP contribution in [0.1, 0.15) is 35.8 Å². The number of carboxylic acids is 1. The third-order valence-corrected chi connectivity index (χ3v) is 3.55. The first-order valence-corrected chi connectivity index (χ1v) is 7.14. The molecule has 2 atom stereocenters. The molecule has 1 amide bonds. The second-order valence-electron chi connectivity index (χ2n) is 5.07. The molecule has 1 heterocycles. The predicted molar refractivity (Wildman–Crippen MR) is 81.4 cm³/mol. The van der Waals surface area contributed by atoms with Gasteiger partial charge in [-0.25, -0.2) is 0 Å². The van der Waals surface area contributed by atoms with E-state index in [1.54, 1.807) is 29.9 Å². The van der Waals surface area contributed by atoms with Crippen LogP contribution in [0.3, 0.4) is 0 Å². The van der Waals surface area contributed by atoms with Gasteiger partial charge in [-0.15, -0.1) is 0 Å². The highest BCUT2D eigenvalue weighted by Crippen LogP contribution is 2.22. The minimum absolute atomic E-state index is 0.332. The topological polar surface area (TPSA) is 84.2 Å². The quantitative estimate of drug-likeness (QED) is 0.855. The molecule has 0 saturated heterocycles. The monoisotopic (exact) mass is 301 g/mol. The van der Waals surface area contributed by atoms with Crippen molar-refractivity contribution in [1.29, 1.82) is 0 Å². The molecule has 1 aromatic heterocycles. The Bertz CT molecular complexity index is 652. The lowest BCUT2D eigenvalue weighted by molar-refractivity contribution is -0.142. The van der Waals surface area contributed by atoms with E-state index in [0.717, 1.165) is 5.56 Å². The Morgan fingerprint density at radius 1 is 1.32 bits per heavy atom. The Labute approximate surface area is 128 Å². The van der Waals surface area contributed by atoms with Crippen molar-refractivity contribution in [1.82, 2.24) is 15.1 Å². The summed E-state index contributed by atoms with van der Waals surface area (Å²) < 4.78 is 1.65. The van der Waals surface area contributed by atoms with Gasteiger partial charge in [-0.05, 0) is 19.4 Å². The molecule has 6 nitrogen and oxygen atoms in total. The summed E-state index contributed by atoms with van der Waals surface area (Å²) in [5.74, 6) is -2.03. The highest BCUT2D eigenvalue weighted by atomic mass is 16.4. The fourth-order valence-corrected chi connectivity index (χ4v) is 2.18. The smallest absolute Gasteiger partial charge is 0.308 e. The summed E-state index contributed by atoms with van der Waals surface area (Å²) in [7, 11) is 0. The van der Waals surface area contributed by atoms with E-state index in [4.69, 9.17) is 0 Å². The Hall–Kier alpha value is -2.63. The number of aliphatic carboxylic acids is 1. The number of carbonyl (C=O) groups excluding carboxylic acids is 1. The Kier molecular flexibility index (Phi) is 4.93. The Balaban J connectivity index is 2.22. The molecule has 116 valence electrons. The largest absolute Gasteiger partial charge is 0.481 e. The van der Waals surface area contributed by atoms with Crippen LogP contribution in [-0.4, -0.2) is 26.8 Å². The number of rotatable bonds is 6. The zero-order chi connectivity index (χ0) is 16.1. The molecule has 2 aromatic rings. The number of carbonyl (C=O) groups is 2. The van der Waals surface area contributed by atoms with Crippen LogP contribution in [0.2, 0.25) is 0 Å². The van der Waals surface area contributed by atoms with Crippen LogP contribution in [-0.2, 0) is 11.3 Å². The van der Waals surface area contributed by atoms with E-state index in [0.29, 0.717) is 12.1 Å². The summed E-state index contributed by atoms with van der Waals surface area (Å²) >= 11 is 0. The van der Waals surface area contributed by atoms with E-state index in [2.05, 4.69) is 10.4 Å². The minimum Gasteiger partial charge on any atom is -0.481 e. The first-order valence-electron chi connectivity index (χ1n) is 7.14. The number of aryl methyl sites for hydroxylation is 1.